The van der Waals surface area contributed by atoms with Crippen molar-refractivity contribution in [2.24, 2.45) is 0 Å². The molecule has 5 heteroatoms. The van der Waals surface area contributed by atoms with E-state index in [1.807, 2.05) is 13.8 Å². The van der Waals surface area contributed by atoms with Gasteiger partial charge in [-0.15, -0.1) is 0 Å². The number of hydrogen-bond acceptors (Lipinski definition) is 5. The first-order valence-corrected chi connectivity index (χ1v) is 7.43. The van der Waals surface area contributed by atoms with E-state index in [2.05, 4.69) is 22.4 Å². The van der Waals surface area contributed by atoms with E-state index in [-0.39, 0.29) is 6.10 Å². The van der Waals surface area contributed by atoms with Crippen LogP contribution in [-0.2, 0) is 4.74 Å². The SMILES string of the molecule is CCNC1CCC(c2nc(C(C)OCC)no2)CC1. The Morgan fingerprint density at radius 2 is 2.05 bits per heavy atom. The summed E-state index contributed by atoms with van der Waals surface area (Å²) >= 11 is 0. The van der Waals surface area contributed by atoms with Crippen LogP contribution in [0.5, 0.6) is 0 Å². The van der Waals surface area contributed by atoms with Crippen molar-refractivity contribution in [2.75, 3.05) is 13.2 Å². The second kappa shape index (κ2) is 7.01. The molecule has 0 aromatic carbocycles. The summed E-state index contributed by atoms with van der Waals surface area (Å²) in [5.74, 6) is 1.88. The second-order valence-corrected chi connectivity index (χ2v) is 5.19. The van der Waals surface area contributed by atoms with Crippen LogP contribution in [0.15, 0.2) is 4.52 Å². The Bertz CT molecular complexity index is 373. The van der Waals surface area contributed by atoms with Gasteiger partial charge in [0.2, 0.25) is 5.89 Å². The van der Waals surface area contributed by atoms with Crippen molar-refractivity contribution in [3.63, 3.8) is 0 Å². The summed E-state index contributed by atoms with van der Waals surface area (Å²) in [6, 6.07) is 0.658. The average molecular weight is 267 g/mol. The Labute approximate surface area is 115 Å². The predicted molar refractivity (Wildman–Crippen MR) is 73.0 cm³/mol. The highest BCUT2D eigenvalue weighted by molar-refractivity contribution is 4.98. The van der Waals surface area contributed by atoms with Crippen LogP contribution >= 0.6 is 0 Å². The molecule has 0 aliphatic heterocycles. The van der Waals surface area contributed by atoms with Crippen molar-refractivity contribution in [2.45, 2.75) is 64.5 Å². The van der Waals surface area contributed by atoms with Gasteiger partial charge in [-0.3, -0.25) is 0 Å². The molecule has 19 heavy (non-hydrogen) atoms. The molecule has 1 aromatic rings. The summed E-state index contributed by atoms with van der Waals surface area (Å²) in [6.07, 6.45) is 4.56. The van der Waals surface area contributed by atoms with E-state index in [0.717, 1.165) is 25.3 Å². The molecule has 1 aromatic heterocycles. The Hall–Kier alpha value is -0.940. The molecule has 108 valence electrons. The van der Waals surface area contributed by atoms with E-state index in [0.29, 0.717) is 24.4 Å². The van der Waals surface area contributed by atoms with Crippen LogP contribution in [0.25, 0.3) is 0 Å². The lowest BCUT2D eigenvalue weighted by Gasteiger charge is -2.26. The number of aromatic nitrogens is 2. The molecule has 0 bridgehead atoms. The standard InChI is InChI=1S/C14H25N3O2/c1-4-15-12-8-6-11(7-9-12)14-16-13(17-19-14)10(3)18-5-2/h10-12,15H,4-9H2,1-3H3. The van der Waals surface area contributed by atoms with E-state index in [4.69, 9.17) is 9.26 Å². The van der Waals surface area contributed by atoms with Gasteiger partial charge in [0.05, 0.1) is 0 Å². The minimum absolute atomic E-state index is 0.0828. The zero-order valence-electron chi connectivity index (χ0n) is 12.2. The highest BCUT2D eigenvalue weighted by atomic mass is 16.5. The van der Waals surface area contributed by atoms with Crippen molar-refractivity contribution in [1.29, 1.82) is 0 Å². The summed E-state index contributed by atoms with van der Waals surface area (Å²) in [4.78, 5) is 4.50. The number of nitrogens with zero attached hydrogens (tertiary/aromatic N) is 2. The molecule has 2 rings (SSSR count). The maximum Gasteiger partial charge on any atom is 0.229 e. The highest BCUT2D eigenvalue weighted by Gasteiger charge is 2.26. The van der Waals surface area contributed by atoms with Crippen LogP contribution < -0.4 is 5.32 Å². The fourth-order valence-corrected chi connectivity index (χ4v) is 2.74. The van der Waals surface area contributed by atoms with Gasteiger partial charge in [0.15, 0.2) is 5.82 Å². The molecule has 1 fully saturated rings. The molecule has 0 amide bonds. The van der Waals surface area contributed by atoms with Crippen molar-refractivity contribution in [1.82, 2.24) is 15.5 Å². The van der Waals surface area contributed by atoms with Gasteiger partial charge in [-0.05, 0) is 46.1 Å². The lowest BCUT2D eigenvalue weighted by molar-refractivity contribution is 0.0683. The van der Waals surface area contributed by atoms with Crippen molar-refractivity contribution in [3.05, 3.63) is 11.7 Å². The van der Waals surface area contributed by atoms with Gasteiger partial charge in [-0.1, -0.05) is 12.1 Å². The Morgan fingerprint density at radius 3 is 2.68 bits per heavy atom. The van der Waals surface area contributed by atoms with Gasteiger partial charge in [0, 0.05) is 18.6 Å². The summed E-state index contributed by atoms with van der Waals surface area (Å²) in [5.41, 5.74) is 0. The molecule has 1 saturated carbocycles. The Kier molecular flexibility index (Phi) is 5.34. The fraction of sp³-hybridized carbons (Fsp3) is 0.857. The van der Waals surface area contributed by atoms with E-state index in [1.165, 1.54) is 12.8 Å². The first-order chi connectivity index (χ1) is 9.24. The van der Waals surface area contributed by atoms with Gasteiger partial charge in [-0.25, -0.2) is 0 Å². The molecule has 0 saturated heterocycles. The summed E-state index contributed by atoms with van der Waals surface area (Å²) in [5, 5.41) is 7.55. The van der Waals surface area contributed by atoms with Gasteiger partial charge in [-0.2, -0.15) is 4.98 Å². The molecule has 1 aliphatic carbocycles. The quantitative estimate of drug-likeness (QED) is 0.858. The van der Waals surface area contributed by atoms with Crippen LogP contribution in [-0.4, -0.2) is 29.3 Å². The number of ether oxygens (including phenoxy) is 1. The molecule has 5 nitrogen and oxygen atoms in total. The zero-order valence-corrected chi connectivity index (χ0v) is 12.2. The third-order valence-corrected chi connectivity index (χ3v) is 3.81. The molecular formula is C14H25N3O2. The van der Waals surface area contributed by atoms with Gasteiger partial charge in [0.1, 0.15) is 6.10 Å². The molecule has 1 heterocycles. The normalized spacial score (nSPS) is 25.4. The zero-order chi connectivity index (χ0) is 13.7. The van der Waals surface area contributed by atoms with E-state index in [9.17, 15) is 0 Å². The van der Waals surface area contributed by atoms with Crippen LogP contribution in [0.3, 0.4) is 0 Å². The maximum atomic E-state index is 5.48. The topological polar surface area (TPSA) is 60.2 Å². The predicted octanol–water partition coefficient (Wildman–Crippen LogP) is 2.80. The Balaban J connectivity index is 1.89. The largest absolute Gasteiger partial charge is 0.371 e. The highest BCUT2D eigenvalue weighted by Crippen LogP contribution is 2.32. The molecule has 1 aliphatic rings. The summed E-state index contributed by atoms with van der Waals surface area (Å²) < 4.78 is 10.9. The first kappa shape index (κ1) is 14.5. The van der Waals surface area contributed by atoms with E-state index >= 15 is 0 Å². The third-order valence-electron chi connectivity index (χ3n) is 3.81. The lowest BCUT2D eigenvalue weighted by atomic mass is 9.86. The van der Waals surface area contributed by atoms with Crippen LogP contribution in [0.1, 0.15) is 70.2 Å². The van der Waals surface area contributed by atoms with Crippen molar-refractivity contribution < 1.29 is 9.26 Å². The van der Waals surface area contributed by atoms with E-state index < -0.39 is 0 Å². The Morgan fingerprint density at radius 1 is 1.32 bits per heavy atom. The smallest absolute Gasteiger partial charge is 0.229 e. The third kappa shape index (κ3) is 3.76. The van der Waals surface area contributed by atoms with Gasteiger partial charge < -0.3 is 14.6 Å². The van der Waals surface area contributed by atoms with Gasteiger partial charge >= 0.3 is 0 Å². The number of nitrogens with one attached hydrogen (secondary N) is 1. The van der Waals surface area contributed by atoms with Gasteiger partial charge in [0.25, 0.3) is 0 Å². The number of rotatable bonds is 6. The molecule has 0 spiro atoms. The molecule has 1 atom stereocenters. The van der Waals surface area contributed by atoms with Crippen LogP contribution in [0, 0.1) is 0 Å². The first-order valence-electron chi connectivity index (χ1n) is 7.43. The summed E-state index contributed by atoms with van der Waals surface area (Å²) in [7, 11) is 0. The molecular weight excluding hydrogens is 242 g/mol. The van der Waals surface area contributed by atoms with E-state index in [1.54, 1.807) is 0 Å². The second-order valence-electron chi connectivity index (χ2n) is 5.19. The maximum absolute atomic E-state index is 5.48. The lowest BCUT2D eigenvalue weighted by Crippen LogP contribution is -2.32. The van der Waals surface area contributed by atoms with Crippen molar-refractivity contribution in [3.8, 4) is 0 Å². The van der Waals surface area contributed by atoms with Crippen LogP contribution in [0.2, 0.25) is 0 Å². The van der Waals surface area contributed by atoms with Crippen LogP contribution in [0.4, 0.5) is 0 Å². The minimum Gasteiger partial charge on any atom is -0.371 e. The van der Waals surface area contributed by atoms with Crippen molar-refractivity contribution >= 4 is 0 Å². The molecule has 1 N–H and O–H groups in total. The molecule has 0 radical (unpaired) electrons. The average Bonchev–Trinajstić information content (AvgIpc) is 2.90. The number of hydrogen-bond donors (Lipinski definition) is 1. The molecule has 1 unspecified atom stereocenters. The summed E-state index contributed by atoms with van der Waals surface area (Å²) in [6.45, 7) is 7.80. The minimum atomic E-state index is -0.0828. The fourth-order valence-electron chi connectivity index (χ4n) is 2.74. The monoisotopic (exact) mass is 267 g/mol.